The smallest absolute Gasteiger partial charge is 0.317 e. The molecular weight excluding hydrogens is 362 g/mol. The second-order valence-electron chi connectivity index (χ2n) is 7.54. The van der Waals surface area contributed by atoms with Crippen molar-refractivity contribution in [2.75, 3.05) is 0 Å². The van der Waals surface area contributed by atoms with E-state index < -0.39 is 10.3 Å². The Labute approximate surface area is 142 Å². The summed E-state index contributed by atoms with van der Waals surface area (Å²) < 4.78 is 5.65. The lowest BCUT2D eigenvalue weighted by Gasteiger charge is -2.58. The van der Waals surface area contributed by atoms with E-state index in [0.717, 1.165) is 32.1 Å². The number of non-ortho nitro benzene ring substituents is 1. The van der Waals surface area contributed by atoms with Crippen molar-refractivity contribution in [3.05, 3.63) is 34.4 Å². The fraction of sp³-hybridized carbons (Fsp3) is 0.588. The van der Waals surface area contributed by atoms with Crippen molar-refractivity contribution in [1.82, 2.24) is 0 Å². The van der Waals surface area contributed by atoms with Crippen molar-refractivity contribution in [3.63, 3.8) is 0 Å². The number of ether oxygens (including phenoxy) is 1. The fourth-order valence-corrected chi connectivity index (χ4v) is 6.72. The highest BCUT2D eigenvalue weighted by Crippen LogP contribution is 2.64. The minimum Gasteiger partial charge on any atom is -0.426 e. The fourth-order valence-electron chi connectivity index (χ4n) is 5.27. The van der Waals surface area contributed by atoms with E-state index in [-0.39, 0.29) is 21.7 Å². The first-order chi connectivity index (χ1) is 10.9. The van der Waals surface area contributed by atoms with Crippen LogP contribution in [0.25, 0.3) is 0 Å². The van der Waals surface area contributed by atoms with Gasteiger partial charge in [0, 0.05) is 10.4 Å². The van der Waals surface area contributed by atoms with E-state index in [1.807, 2.05) is 0 Å². The molecule has 4 atom stereocenters. The molecule has 0 amide bonds. The van der Waals surface area contributed by atoms with Gasteiger partial charge in [-0.15, -0.1) is 0 Å². The highest BCUT2D eigenvalue weighted by atomic mass is 79.9. The van der Waals surface area contributed by atoms with Gasteiger partial charge in [-0.1, -0.05) is 22.0 Å². The first kappa shape index (κ1) is 15.1. The largest absolute Gasteiger partial charge is 0.426 e. The van der Waals surface area contributed by atoms with Gasteiger partial charge >= 0.3 is 5.97 Å². The zero-order valence-corrected chi connectivity index (χ0v) is 14.3. The molecule has 0 heterocycles. The number of alkyl halides is 1. The van der Waals surface area contributed by atoms with Crippen LogP contribution in [0.15, 0.2) is 24.3 Å². The molecule has 4 fully saturated rings. The number of nitro groups is 1. The number of carbonyl (C=O) groups excluding carboxylic acids is 1. The molecule has 1 aromatic rings. The van der Waals surface area contributed by atoms with Gasteiger partial charge in [0.15, 0.2) is 0 Å². The lowest BCUT2D eigenvalue weighted by molar-refractivity contribution is -0.384. The number of nitro benzene ring substituents is 1. The van der Waals surface area contributed by atoms with E-state index in [2.05, 4.69) is 15.9 Å². The summed E-state index contributed by atoms with van der Waals surface area (Å²) in [6, 6.07) is 5.87. The Morgan fingerprint density at radius 3 is 2.57 bits per heavy atom. The number of halogens is 1. The van der Waals surface area contributed by atoms with E-state index in [1.54, 1.807) is 12.1 Å². The van der Waals surface area contributed by atoms with E-state index in [4.69, 9.17) is 4.74 Å². The molecule has 0 aromatic heterocycles. The second kappa shape index (κ2) is 5.03. The normalized spacial score (nSPS) is 37.6. The van der Waals surface area contributed by atoms with Gasteiger partial charge in [-0.3, -0.25) is 14.9 Å². The molecule has 23 heavy (non-hydrogen) atoms. The number of nitrogens with zero attached hydrogens (tertiary/aromatic N) is 1. The average molecular weight is 380 g/mol. The topological polar surface area (TPSA) is 69.4 Å². The van der Waals surface area contributed by atoms with E-state index in [0.29, 0.717) is 11.8 Å². The molecule has 6 heteroatoms. The summed E-state index contributed by atoms with van der Waals surface area (Å²) in [5.74, 6) is 1.24. The molecule has 4 saturated carbocycles. The van der Waals surface area contributed by atoms with E-state index in [1.165, 1.54) is 18.6 Å². The van der Waals surface area contributed by atoms with E-state index >= 15 is 0 Å². The van der Waals surface area contributed by atoms with Gasteiger partial charge in [-0.25, -0.2) is 0 Å². The molecule has 5 rings (SSSR count). The quantitative estimate of drug-likeness (QED) is 0.259. The van der Waals surface area contributed by atoms with Crippen LogP contribution in [0.3, 0.4) is 0 Å². The maximum absolute atomic E-state index is 12.9. The molecule has 1 aromatic carbocycles. The monoisotopic (exact) mass is 379 g/mol. The molecule has 0 N–H and O–H groups in total. The Morgan fingerprint density at radius 1 is 1.26 bits per heavy atom. The molecular formula is C17H18BrNO4. The second-order valence-corrected chi connectivity index (χ2v) is 9.22. The number of benzene rings is 1. The maximum atomic E-state index is 12.9. The van der Waals surface area contributed by atoms with Crippen LogP contribution in [0.5, 0.6) is 5.75 Å². The van der Waals surface area contributed by atoms with Gasteiger partial charge in [0.05, 0.1) is 16.4 Å². The zero-order valence-electron chi connectivity index (χ0n) is 12.7. The van der Waals surface area contributed by atoms with Crippen LogP contribution >= 0.6 is 15.9 Å². The third-order valence-electron chi connectivity index (χ3n) is 5.66. The van der Waals surface area contributed by atoms with Crippen molar-refractivity contribution in [1.29, 1.82) is 0 Å². The first-order valence-electron chi connectivity index (χ1n) is 8.03. The molecule has 122 valence electrons. The molecule has 4 bridgehead atoms. The number of carbonyl (C=O) groups is 1. The van der Waals surface area contributed by atoms with Crippen molar-refractivity contribution in [2.24, 2.45) is 17.3 Å². The summed E-state index contributed by atoms with van der Waals surface area (Å²) >= 11 is 3.88. The van der Waals surface area contributed by atoms with Gasteiger partial charge in [-0.05, 0) is 56.4 Å². The highest BCUT2D eigenvalue weighted by Gasteiger charge is 2.60. The van der Waals surface area contributed by atoms with Gasteiger partial charge in [0.25, 0.3) is 5.69 Å². The van der Waals surface area contributed by atoms with Crippen LogP contribution in [0.1, 0.15) is 38.5 Å². The molecule has 5 nitrogen and oxygen atoms in total. The Hall–Kier alpha value is -1.43. The van der Waals surface area contributed by atoms with Crippen molar-refractivity contribution < 1.29 is 14.5 Å². The average Bonchev–Trinajstić information content (AvgIpc) is 2.44. The third kappa shape index (κ3) is 2.57. The minimum atomic E-state index is -0.477. The van der Waals surface area contributed by atoms with Crippen molar-refractivity contribution in [2.45, 2.75) is 42.8 Å². The van der Waals surface area contributed by atoms with Crippen LogP contribution < -0.4 is 4.74 Å². The number of hydrogen-bond donors (Lipinski definition) is 0. The van der Waals surface area contributed by atoms with Gasteiger partial charge < -0.3 is 4.74 Å². The lowest BCUT2D eigenvalue weighted by Crippen LogP contribution is -2.56. The minimum absolute atomic E-state index is 0.0576. The number of rotatable bonds is 3. The molecule has 0 radical (unpaired) electrons. The van der Waals surface area contributed by atoms with Crippen LogP contribution in [-0.4, -0.2) is 15.2 Å². The Kier molecular flexibility index (Phi) is 3.31. The van der Waals surface area contributed by atoms with Gasteiger partial charge in [0.2, 0.25) is 0 Å². The van der Waals surface area contributed by atoms with Crippen molar-refractivity contribution >= 4 is 27.6 Å². The summed E-state index contributed by atoms with van der Waals surface area (Å²) in [5, 5.41) is 10.9. The van der Waals surface area contributed by atoms with Crippen LogP contribution in [0.2, 0.25) is 0 Å². The van der Waals surface area contributed by atoms with Crippen LogP contribution in [-0.2, 0) is 4.79 Å². The highest BCUT2D eigenvalue weighted by molar-refractivity contribution is 9.10. The molecule has 0 saturated heterocycles. The summed E-state index contributed by atoms with van der Waals surface area (Å²) in [4.78, 5) is 23.3. The number of hydrogen-bond acceptors (Lipinski definition) is 4. The Morgan fingerprint density at radius 2 is 1.96 bits per heavy atom. The van der Waals surface area contributed by atoms with Gasteiger partial charge in [0.1, 0.15) is 5.75 Å². The summed E-state index contributed by atoms with van der Waals surface area (Å²) in [7, 11) is 0. The van der Waals surface area contributed by atoms with E-state index in [9.17, 15) is 14.9 Å². The summed E-state index contributed by atoms with van der Waals surface area (Å²) in [6.07, 6.45) is 6.12. The molecule has 2 unspecified atom stereocenters. The molecule has 4 aliphatic carbocycles. The SMILES string of the molecule is O=C(Oc1cccc([N+](=O)[O-])c1)C12C[C@@H]3C[C@@H](CC(Br)(C3)C1)C2. The Balaban J connectivity index is 1.58. The van der Waals surface area contributed by atoms with Crippen LogP contribution in [0, 0.1) is 27.4 Å². The predicted molar refractivity (Wildman–Crippen MR) is 87.5 cm³/mol. The van der Waals surface area contributed by atoms with Gasteiger partial charge in [-0.2, -0.15) is 0 Å². The summed E-state index contributed by atoms with van der Waals surface area (Å²) in [6.45, 7) is 0. The summed E-state index contributed by atoms with van der Waals surface area (Å²) in [5.41, 5.74) is -0.476. The lowest BCUT2D eigenvalue weighted by atomic mass is 9.49. The van der Waals surface area contributed by atoms with Crippen molar-refractivity contribution in [3.8, 4) is 5.75 Å². The van der Waals surface area contributed by atoms with Crippen LogP contribution in [0.4, 0.5) is 5.69 Å². The molecule has 0 aliphatic heterocycles. The standard InChI is InChI=1S/C17H18BrNO4/c18-17-8-11-4-12(9-17)7-16(6-11,10-17)15(20)23-14-3-1-2-13(5-14)19(21)22/h1-3,5,11-12H,4,6-10H2/t11-,12+,16?,17?. The zero-order chi connectivity index (χ0) is 16.2. The number of esters is 1. The third-order valence-corrected chi connectivity index (χ3v) is 6.59. The Bertz CT molecular complexity index is 675. The first-order valence-corrected chi connectivity index (χ1v) is 8.83. The molecule has 0 spiro atoms. The molecule has 4 aliphatic rings. The predicted octanol–water partition coefficient (Wildman–Crippen LogP) is 4.23. The maximum Gasteiger partial charge on any atom is 0.317 e.